The summed E-state index contributed by atoms with van der Waals surface area (Å²) in [5, 5.41) is 7.12. The first-order chi connectivity index (χ1) is 7.60. The zero-order valence-corrected chi connectivity index (χ0v) is 10.5. The molecule has 4 heteroatoms. The summed E-state index contributed by atoms with van der Waals surface area (Å²) >= 11 is 0. The molecule has 0 aliphatic carbocycles. The van der Waals surface area contributed by atoms with Crippen LogP contribution in [-0.4, -0.2) is 15.7 Å². The normalized spacial score (nSPS) is 11.1. The number of hydrogen-bond donors (Lipinski definition) is 1. The average molecular weight is 223 g/mol. The summed E-state index contributed by atoms with van der Waals surface area (Å²) in [7, 11) is 0. The van der Waals surface area contributed by atoms with E-state index in [0.29, 0.717) is 0 Å². The van der Waals surface area contributed by atoms with Gasteiger partial charge >= 0.3 is 0 Å². The van der Waals surface area contributed by atoms with E-state index in [4.69, 9.17) is 0 Å². The lowest BCUT2D eigenvalue weighted by atomic mass is 10.0. The number of carbonyl (C=O) groups is 1. The van der Waals surface area contributed by atoms with Crippen molar-refractivity contribution in [3.05, 3.63) is 12.3 Å². The molecule has 1 aromatic heterocycles. The van der Waals surface area contributed by atoms with Crippen LogP contribution in [0.3, 0.4) is 0 Å². The molecular formula is C12H21N3O. The third-order valence-corrected chi connectivity index (χ3v) is 2.77. The highest BCUT2D eigenvalue weighted by molar-refractivity contribution is 5.91. The summed E-state index contributed by atoms with van der Waals surface area (Å²) in [5.41, 5.74) is 0. The SMILES string of the molecule is CCC(CC)C(=O)Nc1ccnn1C(C)C. The summed E-state index contributed by atoms with van der Waals surface area (Å²) in [6.45, 7) is 8.15. The highest BCUT2D eigenvalue weighted by Gasteiger charge is 2.16. The van der Waals surface area contributed by atoms with Crippen LogP contribution in [0.2, 0.25) is 0 Å². The smallest absolute Gasteiger partial charge is 0.228 e. The van der Waals surface area contributed by atoms with Crippen molar-refractivity contribution in [1.29, 1.82) is 0 Å². The Morgan fingerprint density at radius 1 is 1.44 bits per heavy atom. The number of amides is 1. The van der Waals surface area contributed by atoms with Gasteiger partial charge in [-0.25, -0.2) is 4.68 Å². The van der Waals surface area contributed by atoms with Gasteiger partial charge in [-0.1, -0.05) is 13.8 Å². The number of nitrogens with zero attached hydrogens (tertiary/aromatic N) is 2. The summed E-state index contributed by atoms with van der Waals surface area (Å²) in [6, 6.07) is 2.09. The molecule has 1 aromatic rings. The molecule has 90 valence electrons. The lowest BCUT2D eigenvalue weighted by molar-refractivity contribution is -0.120. The number of hydrogen-bond acceptors (Lipinski definition) is 2. The van der Waals surface area contributed by atoms with Crippen LogP contribution in [0.1, 0.15) is 46.6 Å². The molecule has 0 aliphatic rings. The molecule has 0 radical (unpaired) electrons. The third kappa shape index (κ3) is 2.84. The maximum atomic E-state index is 11.9. The van der Waals surface area contributed by atoms with Crippen LogP contribution in [-0.2, 0) is 4.79 Å². The molecule has 0 saturated heterocycles. The molecule has 0 fully saturated rings. The molecular weight excluding hydrogens is 202 g/mol. The van der Waals surface area contributed by atoms with Crippen molar-refractivity contribution in [2.75, 3.05) is 5.32 Å². The highest BCUT2D eigenvalue weighted by atomic mass is 16.2. The summed E-state index contributed by atoms with van der Waals surface area (Å²) in [5.74, 6) is 0.967. The molecule has 0 aromatic carbocycles. The second-order valence-corrected chi connectivity index (χ2v) is 4.26. The molecule has 1 N–H and O–H groups in total. The van der Waals surface area contributed by atoms with E-state index >= 15 is 0 Å². The molecule has 0 spiro atoms. The van der Waals surface area contributed by atoms with Gasteiger partial charge in [-0.05, 0) is 26.7 Å². The van der Waals surface area contributed by atoms with Crippen molar-refractivity contribution < 1.29 is 4.79 Å². The van der Waals surface area contributed by atoms with Crippen LogP contribution in [0.25, 0.3) is 0 Å². The van der Waals surface area contributed by atoms with Gasteiger partial charge in [-0.15, -0.1) is 0 Å². The minimum Gasteiger partial charge on any atom is -0.311 e. The molecule has 1 amide bonds. The van der Waals surface area contributed by atoms with Crippen molar-refractivity contribution in [2.45, 2.75) is 46.6 Å². The fourth-order valence-corrected chi connectivity index (χ4v) is 1.71. The van der Waals surface area contributed by atoms with E-state index in [1.807, 2.05) is 38.4 Å². The Labute approximate surface area is 97.0 Å². The predicted octanol–water partition coefficient (Wildman–Crippen LogP) is 2.84. The first-order valence-electron chi connectivity index (χ1n) is 5.94. The van der Waals surface area contributed by atoms with Crippen LogP contribution in [0.15, 0.2) is 12.3 Å². The van der Waals surface area contributed by atoms with Crippen LogP contribution in [0.5, 0.6) is 0 Å². The van der Waals surface area contributed by atoms with E-state index in [1.165, 1.54) is 0 Å². The first kappa shape index (κ1) is 12.7. The summed E-state index contributed by atoms with van der Waals surface area (Å²) < 4.78 is 1.82. The molecule has 0 bridgehead atoms. The van der Waals surface area contributed by atoms with Gasteiger partial charge in [0.25, 0.3) is 0 Å². The Morgan fingerprint density at radius 2 is 2.06 bits per heavy atom. The Balaban J connectivity index is 2.72. The lowest BCUT2D eigenvalue weighted by Crippen LogP contribution is -2.23. The minimum absolute atomic E-state index is 0.0902. The largest absolute Gasteiger partial charge is 0.311 e. The zero-order valence-electron chi connectivity index (χ0n) is 10.5. The molecule has 0 saturated carbocycles. The predicted molar refractivity (Wildman–Crippen MR) is 65.3 cm³/mol. The Kier molecular flexibility index (Phi) is 4.52. The molecule has 0 atom stereocenters. The van der Waals surface area contributed by atoms with Gasteiger partial charge in [0.2, 0.25) is 5.91 Å². The quantitative estimate of drug-likeness (QED) is 0.834. The Bertz CT molecular complexity index is 340. The highest BCUT2D eigenvalue weighted by Crippen LogP contribution is 2.16. The van der Waals surface area contributed by atoms with Gasteiger partial charge in [0.1, 0.15) is 5.82 Å². The number of anilines is 1. The maximum absolute atomic E-state index is 11.9. The van der Waals surface area contributed by atoms with Crippen molar-refractivity contribution in [3.63, 3.8) is 0 Å². The number of nitrogens with one attached hydrogen (secondary N) is 1. The summed E-state index contributed by atoms with van der Waals surface area (Å²) in [4.78, 5) is 11.9. The van der Waals surface area contributed by atoms with Crippen molar-refractivity contribution in [3.8, 4) is 0 Å². The first-order valence-corrected chi connectivity index (χ1v) is 5.94. The van der Waals surface area contributed by atoms with Crippen molar-refractivity contribution in [1.82, 2.24) is 9.78 Å². The van der Waals surface area contributed by atoms with Gasteiger partial charge in [0, 0.05) is 18.0 Å². The lowest BCUT2D eigenvalue weighted by Gasteiger charge is -2.15. The van der Waals surface area contributed by atoms with Crippen molar-refractivity contribution in [2.24, 2.45) is 5.92 Å². The van der Waals surface area contributed by atoms with Crippen LogP contribution in [0.4, 0.5) is 5.82 Å². The molecule has 0 aliphatic heterocycles. The molecule has 4 nitrogen and oxygen atoms in total. The molecule has 1 rings (SSSR count). The second-order valence-electron chi connectivity index (χ2n) is 4.26. The van der Waals surface area contributed by atoms with E-state index in [-0.39, 0.29) is 17.9 Å². The number of aromatic nitrogens is 2. The van der Waals surface area contributed by atoms with Gasteiger partial charge in [-0.2, -0.15) is 5.10 Å². The molecule has 16 heavy (non-hydrogen) atoms. The standard InChI is InChI=1S/C12H21N3O/c1-5-10(6-2)12(16)14-11-7-8-13-15(11)9(3)4/h7-10H,5-6H2,1-4H3,(H,14,16). The van der Waals surface area contributed by atoms with Gasteiger partial charge < -0.3 is 5.32 Å². The van der Waals surface area contributed by atoms with Crippen LogP contribution < -0.4 is 5.32 Å². The molecule has 0 unspecified atom stereocenters. The zero-order chi connectivity index (χ0) is 12.1. The fourth-order valence-electron chi connectivity index (χ4n) is 1.71. The van der Waals surface area contributed by atoms with E-state index in [9.17, 15) is 4.79 Å². The minimum atomic E-state index is 0.0902. The summed E-state index contributed by atoms with van der Waals surface area (Å²) in [6.07, 6.45) is 3.46. The van der Waals surface area contributed by atoms with Gasteiger partial charge in [0.15, 0.2) is 0 Å². The number of rotatable bonds is 5. The van der Waals surface area contributed by atoms with E-state index in [2.05, 4.69) is 10.4 Å². The van der Waals surface area contributed by atoms with E-state index in [0.717, 1.165) is 18.7 Å². The average Bonchev–Trinajstić information content (AvgIpc) is 2.67. The molecule has 1 heterocycles. The Morgan fingerprint density at radius 3 is 2.56 bits per heavy atom. The Hall–Kier alpha value is -1.32. The van der Waals surface area contributed by atoms with Crippen LogP contribution >= 0.6 is 0 Å². The van der Waals surface area contributed by atoms with E-state index < -0.39 is 0 Å². The monoisotopic (exact) mass is 223 g/mol. The van der Waals surface area contributed by atoms with Crippen LogP contribution in [0, 0.1) is 5.92 Å². The van der Waals surface area contributed by atoms with Gasteiger partial charge in [-0.3, -0.25) is 4.79 Å². The third-order valence-electron chi connectivity index (χ3n) is 2.77. The van der Waals surface area contributed by atoms with Gasteiger partial charge in [0.05, 0.1) is 6.20 Å². The number of carbonyl (C=O) groups excluding carboxylic acids is 1. The fraction of sp³-hybridized carbons (Fsp3) is 0.667. The second kappa shape index (κ2) is 5.68. The van der Waals surface area contributed by atoms with E-state index in [1.54, 1.807) is 6.20 Å². The topological polar surface area (TPSA) is 46.9 Å². The van der Waals surface area contributed by atoms with Crippen molar-refractivity contribution >= 4 is 11.7 Å². The maximum Gasteiger partial charge on any atom is 0.228 e.